The zero-order valence-corrected chi connectivity index (χ0v) is 22.1. The molecule has 0 spiro atoms. The predicted molar refractivity (Wildman–Crippen MR) is 150 cm³/mol. The molecule has 0 saturated carbocycles. The van der Waals surface area contributed by atoms with Crippen LogP contribution in [0.15, 0.2) is 101 Å². The van der Waals surface area contributed by atoms with Gasteiger partial charge in [0.15, 0.2) is 0 Å². The Bertz CT molecular complexity index is 1500. The molecule has 36 heavy (non-hydrogen) atoms. The molecule has 4 heteroatoms. The van der Waals surface area contributed by atoms with Crippen molar-refractivity contribution in [3.63, 3.8) is 0 Å². The molecule has 0 aliphatic carbocycles. The van der Waals surface area contributed by atoms with Gasteiger partial charge in [0, 0.05) is 5.56 Å². The van der Waals surface area contributed by atoms with Gasteiger partial charge in [0.05, 0.1) is 10.0 Å². The number of halogens is 1. The number of esters is 1. The first kappa shape index (κ1) is 24.1. The summed E-state index contributed by atoms with van der Waals surface area (Å²) in [6, 6.07) is 28.6. The minimum Gasteiger partial charge on any atom is -0.488 e. The van der Waals surface area contributed by atoms with Gasteiger partial charge < -0.3 is 9.47 Å². The normalized spacial score (nSPS) is 14.7. The second-order valence-corrected chi connectivity index (χ2v) is 10.8. The standard InChI is InChI=1S/C32H27BrO3/c1-32(2,3)27-13-11-24(12-14-27)30-19-26(31(34)36-30)16-21-9-15-29(28(33)18-21)35-20-22-8-10-23-6-4-5-7-25(23)17-22/h4-19H,20H2,1-3H3. The Kier molecular flexibility index (Phi) is 6.55. The Morgan fingerprint density at radius 3 is 2.36 bits per heavy atom. The number of ether oxygens (including phenoxy) is 2. The summed E-state index contributed by atoms with van der Waals surface area (Å²) < 4.78 is 12.4. The van der Waals surface area contributed by atoms with Crippen LogP contribution >= 0.6 is 15.9 Å². The second kappa shape index (κ2) is 9.79. The maximum atomic E-state index is 12.5. The van der Waals surface area contributed by atoms with Gasteiger partial charge in [-0.2, -0.15) is 0 Å². The van der Waals surface area contributed by atoms with E-state index in [2.05, 4.69) is 79.2 Å². The minimum atomic E-state index is -0.349. The molecule has 1 heterocycles. The monoisotopic (exact) mass is 538 g/mol. The van der Waals surface area contributed by atoms with E-state index < -0.39 is 0 Å². The molecule has 1 aliphatic heterocycles. The van der Waals surface area contributed by atoms with Crippen molar-refractivity contribution in [1.82, 2.24) is 0 Å². The number of cyclic esters (lactones) is 1. The Morgan fingerprint density at radius 1 is 0.889 bits per heavy atom. The molecule has 0 unspecified atom stereocenters. The van der Waals surface area contributed by atoms with Crippen LogP contribution in [0, 0.1) is 0 Å². The fourth-order valence-corrected chi connectivity index (χ4v) is 4.67. The van der Waals surface area contributed by atoms with E-state index in [4.69, 9.17) is 9.47 Å². The quantitative estimate of drug-likeness (QED) is 0.189. The van der Waals surface area contributed by atoms with Crippen LogP contribution < -0.4 is 4.74 Å². The Labute approximate surface area is 220 Å². The van der Waals surface area contributed by atoms with Crippen molar-refractivity contribution < 1.29 is 14.3 Å². The molecule has 0 bridgehead atoms. The highest BCUT2D eigenvalue weighted by Gasteiger charge is 2.23. The van der Waals surface area contributed by atoms with Gasteiger partial charge in [-0.25, -0.2) is 4.79 Å². The second-order valence-electron chi connectivity index (χ2n) is 9.99. The van der Waals surface area contributed by atoms with E-state index in [1.165, 1.54) is 16.3 Å². The number of rotatable bonds is 5. The molecule has 1 aliphatic rings. The topological polar surface area (TPSA) is 35.5 Å². The number of hydrogen-bond donors (Lipinski definition) is 0. The van der Waals surface area contributed by atoms with Gasteiger partial charge in [-0.05, 0) is 79.2 Å². The molecule has 180 valence electrons. The number of carbonyl (C=O) groups excluding carboxylic acids is 1. The molecule has 0 radical (unpaired) electrons. The van der Waals surface area contributed by atoms with Crippen LogP contribution in [-0.2, 0) is 21.6 Å². The predicted octanol–water partition coefficient (Wildman–Crippen LogP) is 8.46. The third kappa shape index (κ3) is 5.29. The smallest absolute Gasteiger partial charge is 0.343 e. The Morgan fingerprint density at radius 2 is 1.64 bits per heavy atom. The van der Waals surface area contributed by atoms with Gasteiger partial charge in [0.25, 0.3) is 0 Å². The van der Waals surface area contributed by atoms with E-state index in [1.807, 2.05) is 48.5 Å². The Balaban J connectivity index is 1.30. The summed E-state index contributed by atoms with van der Waals surface area (Å²) in [5.41, 5.74) is 4.70. The summed E-state index contributed by atoms with van der Waals surface area (Å²) in [6.07, 6.45) is 3.63. The lowest BCUT2D eigenvalue weighted by Gasteiger charge is -2.19. The number of benzene rings is 4. The SMILES string of the molecule is CC(C)(C)c1ccc(C2=CC(=Cc3ccc(OCc4ccc5ccccc5c4)c(Br)c3)C(=O)O2)cc1. The van der Waals surface area contributed by atoms with Crippen molar-refractivity contribution in [2.75, 3.05) is 0 Å². The van der Waals surface area contributed by atoms with Crippen LogP contribution in [0.4, 0.5) is 0 Å². The van der Waals surface area contributed by atoms with Crippen LogP contribution in [0.5, 0.6) is 5.75 Å². The molecule has 4 aromatic carbocycles. The average Bonchev–Trinajstić information content (AvgIpc) is 3.23. The van der Waals surface area contributed by atoms with Crippen LogP contribution in [0.3, 0.4) is 0 Å². The van der Waals surface area contributed by atoms with Crippen molar-refractivity contribution in [3.05, 3.63) is 123 Å². The van der Waals surface area contributed by atoms with Crippen molar-refractivity contribution in [1.29, 1.82) is 0 Å². The third-order valence-corrected chi connectivity index (χ3v) is 6.87. The van der Waals surface area contributed by atoms with Crippen molar-refractivity contribution >= 4 is 44.5 Å². The van der Waals surface area contributed by atoms with Crippen LogP contribution in [0.2, 0.25) is 0 Å². The summed E-state index contributed by atoms with van der Waals surface area (Å²) in [6.45, 7) is 7.00. The number of fused-ring (bicyclic) bond motifs is 1. The van der Waals surface area contributed by atoms with Gasteiger partial charge >= 0.3 is 5.97 Å². The third-order valence-electron chi connectivity index (χ3n) is 6.25. The van der Waals surface area contributed by atoms with Crippen molar-refractivity contribution in [2.45, 2.75) is 32.8 Å². The molecule has 0 saturated heterocycles. The summed E-state index contributed by atoms with van der Waals surface area (Å²) in [5, 5.41) is 2.41. The lowest BCUT2D eigenvalue weighted by Crippen LogP contribution is -2.10. The number of carbonyl (C=O) groups is 1. The summed E-state index contributed by atoms with van der Waals surface area (Å²) in [7, 11) is 0. The maximum Gasteiger partial charge on any atom is 0.343 e. The summed E-state index contributed by atoms with van der Waals surface area (Å²) >= 11 is 3.61. The summed E-state index contributed by atoms with van der Waals surface area (Å²) in [5.74, 6) is 0.966. The lowest BCUT2D eigenvalue weighted by atomic mass is 9.86. The number of hydrogen-bond acceptors (Lipinski definition) is 3. The van der Waals surface area contributed by atoms with Gasteiger partial charge in [0.2, 0.25) is 0 Å². The molecular formula is C32H27BrO3. The molecule has 0 amide bonds. The maximum absolute atomic E-state index is 12.5. The average molecular weight is 539 g/mol. The van der Waals surface area contributed by atoms with Crippen molar-refractivity contribution in [2.24, 2.45) is 0 Å². The lowest BCUT2D eigenvalue weighted by molar-refractivity contribution is -0.130. The van der Waals surface area contributed by atoms with Crippen LogP contribution in [0.1, 0.15) is 43.0 Å². The largest absolute Gasteiger partial charge is 0.488 e. The first-order valence-electron chi connectivity index (χ1n) is 11.9. The van der Waals surface area contributed by atoms with Gasteiger partial charge in [0.1, 0.15) is 18.1 Å². The zero-order chi connectivity index (χ0) is 25.3. The van der Waals surface area contributed by atoms with E-state index in [0.717, 1.165) is 26.9 Å². The Hall–Kier alpha value is -3.63. The first-order chi connectivity index (χ1) is 17.3. The molecule has 3 nitrogen and oxygen atoms in total. The highest BCUT2D eigenvalue weighted by atomic mass is 79.9. The van der Waals surface area contributed by atoms with E-state index in [-0.39, 0.29) is 11.4 Å². The molecule has 4 aromatic rings. The van der Waals surface area contributed by atoms with E-state index in [0.29, 0.717) is 17.9 Å². The molecule has 0 fully saturated rings. The van der Waals surface area contributed by atoms with Crippen LogP contribution in [-0.4, -0.2) is 5.97 Å². The van der Waals surface area contributed by atoms with Gasteiger partial charge in [-0.15, -0.1) is 0 Å². The highest BCUT2D eigenvalue weighted by molar-refractivity contribution is 9.10. The fourth-order valence-electron chi connectivity index (χ4n) is 4.16. The molecule has 0 N–H and O–H groups in total. The van der Waals surface area contributed by atoms with Gasteiger partial charge in [-0.3, -0.25) is 0 Å². The molecule has 0 aromatic heterocycles. The van der Waals surface area contributed by atoms with E-state index in [9.17, 15) is 4.79 Å². The van der Waals surface area contributed by atoms with E-state index in [1.54, 1.807) is 6.08 Å². The fraction of sp³-hybridized carbons (Fsp3) is 0.156. The van der Waals surface area contributed by atoms with E-state index >= 15 is 0 Å². The zero-order valence-electron chi connectivity index (χ0n) is 20.5. The van der Waals surface area contributed by atoms with Crippen LogP contribution in [0.25, 0.3) is 22.6 Å². The summed E-state index contributed by atoms with van der Waals surface area (Å²) in [4.78, 5) is 12.5. The minimum absolute atomic E-state index is 0.0725. The molecule has 0 atom stereocenters. The molecule has 5 rings (SSSR count). The molecular weight excluding hydrogens is 512 g/mol. The highest BCUT2D eigenvalue weighted by Crippen LogP contribution is 2.32. The first-order valence-corrected chi connectivity index (χ1v) is 12.7. The van der Waals surface area contributed by atoms with Gasteiger partial charge in [-0.1, -0.05) is 87.5 Å². The van der Waals surface area contributed by atoms with Crippen molar-refractivity contribution in [3.8, 4) is 5.75 Å².